The maximum atomic E-state index is 12.2. The molecule has 0 fully saturated rings. The first-order chi connectivity index (χ1) is 13.1. The van der Waals surface area contributed by atoms with Crippen LogP contribution in [0, 0.1) is 0 Å². The van der Waals surface area contributed by atoms with Gasteiger partial charge in [0, 0.05) is 24.2 Å². The zero-order valence-corrected chi connectivity index (χ0v) is 15.6. The van der Waals surface area contributed by atoms with E-state index in [0.29, 0.717) is 18.1 Å². The van der Waals surface area contributed by atoms with E-state index in [0.717, 1.165) is 12.0 Å². The Labute approximate surface area is 163 Å². The van der Waals surface area contributed by atoms with E-state index in [2.05, 4.69) is 18.2 Å². The van der Waals surface area contributed by atoms with E-state index in [-0.39, 0.29) is 12.5 Å². The number of esters is 1. The highest BCUT2D eigenvalue weighted by Crippen LogP contribution is 2.22. The Balaban J connectivity index is 1.48. The number of hydrogen-bond donors (Lipinski definition) is 0. The third-order valence-corrected chi connectivity index (χ3v) is 4.69. The first-order valence-electron chi connectivity index (χ1n) is 8.75. The fraction of sp³-hybridized carbons (Fsp3) is 0.182. The second-order valence-corrected chi connectivity index (χ2v) is 6.55. The van der Waals surface area contributed by atoms with Gasteiger partial charge in [0.1, 0.15) is 0 Å². The lowest BCUT2D eigenvalue weighted by Crippen LogP contribution is -2.37. The summed E-state index contributed by atoms with van der Waals surface area (Å²) >= 11 is 6.02. The fourth-order valence-corrected chi connectivity index (χ4v) is 3.05. The molecule has 27 heavy (non-hydrogen) atoms. The highest BCUT2D eigenvalue weighted by Gasteiger charge is 2.18. The average molecular weight is 382 g/mol. The first kappa shape index (κ1) is 18.9. The van der Waals surface area contributed by atoms with E-state index < -0.39 is 5.97 Å². The van der Waals surface area contributed by atoms with Crippen molar-refractivity contribution in [1.29, 1.82) is 0 Å². The van der Waals surface area contributed by atoms with Gasteiger partial charge in [-0.2, -0.15) is 0 Å². The molecule has 1 amide bonds. The molecule has 0 N–H and O–H groups in total. The van der Waals surface area contributed by atoms with Gasteiger partial charge in [-0.25, -0.2) is 4.79 Å². The highest BCUT2D eigenvalue weighted by molar-refractivity contribution is 6.32. The van der Waals surface area contributed by atoms with Crippen LogP contribution in [0.1, 0.15) is 17.5 Å². The Morgan fingerprint density at radius 1 is 1.07 bits per heavy atom. The first-order valence-corrected chi connectivity index (χ1v) is 9.13. The van der Waals surface area contributed by atoms with Crippen LogP contribution in [-0.4, -0.2) is 36.5 Å². The van der Waals surface area contributed by atoms with Crippen molar-refractivity contribution in [2.24, 2.45) is 0 Å². The molecule has 2 aromatic carbocycles. The van der Waals surface area contributed by atoms with Gasteiger partial charge in [0.15, 0.2) is 6.61 Å². The number of carbonyl (C=O) groups excluding carboxylic acids is 2. The smallest absolute Gasteiger partial charge is 0.331 e. The van der Waals surface area contributed by atoms with Gasteiger partial charge in [-0.05, 0) is 35.3 Å². The molecule has 4 nitrogen and oxygen atoms in total. The molecule has 2 aromatic rings. The van der Waals surface area contributed by atoms with Crippen LogP contribution in [0.5, 0.6) is 0 Å². The van der Waals surface area contributed by atoms with E-state index in [4.69, 9.17) is 16.3 Å². The number of ether oxygens (including phenoxy) is 1. The predicted molar refractivity (Wildman–Crippen MR) is 107 cm³/mol. The molecule has 138 valence electrons. The zero-order valence-electron chi connectivity index (χ0n) is 14.8. The lowest BCUT2D eigenvalue weighted by Gasteiger charge is -2.26. The van der Waals surface area contributed by atoms with Gasteiger partial charge in [0.25, 0.3) is 5.91 Å². The second-order valence-electron chi connectivity index (χ2n) is 6.15. The number of halogens is 1. The van der Waals surface area contributed by atoms with Crippen molar-refractivity contribution in [2.75, 3.05) is 19.7 Å². The van der Waals surface area contributed by atoms with Crippen LogP contribution in [0.4, 0.5) is 0 Å². The van der Waals surface area contributed by atoms with Crippen LogP contribution in [0.25, 0.3) is 11.6 Å². The molecule has 3 rings (SSSR count). The van der Waals surface area contributed by atoms with Crippen LogP contribution in [-0.2, 0) is 14.3 Å². The number of carbonyl (C=O) groups is 2. The Kier molecular flexibility index (Phi) is 6.44. The molecule has 0 radical (unpaired) electrons. The molecule has 0 saturated heterocycles. The summed E-state index contributed by atoms with van der Waals surface area (Å²) in [6.45, 7) is 0.878. The van der Waals surface area contributed by atoms with E-state index in [1.807, 2.05) is 30.3 Å². The summed E-state index contributed by atoms with van der Waals surface area (Å²) in [6, 6.07) is 17.3. The summed E-state index contributed by atoms with van der Waals surface area (Å²) < 4.78 is 5.05. The molecule has 1 heterocycles. The molecule has 0 bridgehead atoms. The normalized spacial score (nSPS) is 14.1. The molecular formula is C22H20ClNO3. The summed E-state index contributed by atoms with van der Waals surface area (Å²) in [5.41, 5.74) is 3.14. The second kappa shape index (κ2) is 9.19. The number of amides is 1. The minimum absolute atomic E-state index is 0.196. The van der Waals surface area contributed by atoms with Gasteiger partial charge < -0.3 is 9.64 Å². The zero-order chi connectivity index (χ0) is 19.1. The molecule has 1 aliphatic rings. The van der Waals surface area contributed by atoms with E-state index >= 15 is 0 Å². The number of rotatable bonds is 5. The molecule has 1 aliphatic heterocycles. The minimum atomic E-state index is -0.569. The van der Waals surface area contributed by atoms with Crippen molar-refractivity contribution in [3.8, 4) is 0 Å². The number of nitrogens with zero attached hydrogens (tertiary/aromatic N) is 1. The quantitative estimate of drug-likeness (QED) is 0.575. The maximum absolute atomic E-state index is 12.2. The van der Waals surface area contributed by atoms with Crippen LogP contribution >= 0.6 is 11.6 Å². The topological polar surface area (TPSA) is 46.6 Å². The van der Waals surface area contributed by atoms with Crippen molar-refractivity contribution >= 4 is 35.1 Å². The Morgan fingerprint density at radius 3 is 2.52 bits per heavy atom. The van der Waals surface area contributed by atoms with Gasteiger partial charge in [0.2, 0.25) is 0 Å². The molecule has 5 heteroatoms. The summed E-state index contributed by atoms with van der Waals surface area (Å²) in [5.74, 6) is -0.765. The van der Waals surface area contributed by atoms with Crippen molar-refractivity contribution < 1.29 is 14.3 Å². The van der Waals surface area contributed by atoms with E-state index in [9.17, 15) is 9.59 Å². The third-order valence-electron chi connectivity index (χ3n) is 4.35. The lowest BCUT2D eigenvalue weighted by molar-refractivity contribution is -0.147. The lowest BCUT2D eigenvalue weighted by atomic mass is 10.00. The fourth-order valence-electron chi connectivity index (χ4n) is 2.85. The van der Waals surface area contributed by atoms with Crippen molar-refractivity contribution in [3.05, 3.63) is 82.9 Å². The van der Waals surface area contributed by atoms with Gasteiger partial charge in [-0.3, -0.25) is 4.79 Å². The maximum Gasteiger partial charge on any atom is 0.331 e. The summed E-state index contributed by atoms with van der Waals surface area (Å²) in [6.07, 6.45) is 5.69. The highest BCUT2D eigenvalue weighted by atomic mass is 35.5. The van der Waals surface area contributed by atoms with Crippen LogP contribution in [0.2, 0.25) is 5.02 Å². The van der Waals surface area contributed by atoms with Gasteiger partial charge >= 0.3 is 5.97 Å². The molecule has 0 aliphatic carbocycles. The molecule has 0 atom stereocenters. The molecule has 0 spiro atoms. The van der Waals surface area contributed by atoms with E-state index in [1.165, 1.54) is 17.2 Å². The SMILES string of the molecule is O=C(/C=C/c1ccccc1Cl)OCC(=O)N1CC=C(c2ccccc2)CC1. The third kappa shape index (κ3) is 5.31. The van der Waals surface area contributed by atoms with Gasteiger partial charge in [0.05, 0.1) is 0 Å². The molecule has 0 saturated carbocycles. The average Bonchev–Trinajstić information content (AvgIpc) is 2.72. The van der Waals surface area contributed by atoms with Gasteiger partial charge in [-0.1, -0.05) is 66.2 Å². The Hall–Kier alpha value is -2.85. The summed E-state index contributed by atoms with van der Waals surface area (Å²) in [5, 5.41) is 0.548. The van der Waals surface area contributed by atoms with Gasteiger partial charge in [-0.15, -0.1) is 0 Å². The number of benzene rings is 2. The van der Waals surface area contributed by atoms with Crippen molar-refractivity contribution in [3.63, 3.8) is 0 Å². The van der Waals surface area contributed by atoms with Crippen molar-refractivity contribution in [1.82, 2.24) is 4.90 Å². The van der Waals surface area contributed by atoms with Crippen LogP contribution in [0.3, 0.4) is 0 Å². The summed E-state index contributed by atoms with van der Waals surface area (Å²) in [7, 11) is 0. The predicted octanol–water partition coefficient (Wildman–Crippen LogP) is 4.21. The van der Waals surface area contributed by atoms with Crippen molar-refractivity contribution in [2.45, 2.75) is 6.42 Å². The molecule has 0 aromatic heterocycles. The van der Waals surface area contributed by atoms with Crippen LogP contribution < -0.4 is 0 Å². The largest absolute Gasteiger partial charge is 0.452 e. The minimum Gasteiger partial charge on any atom is -0.452 e. The monoisotopic (exact) mass is 381 g/mol. The number of hydrogen-bond acceptors (Lipinski definition) is 3. The van der Waals surface area contributed by atoms with Crippen LogP contribution in [0.15, 0.2) is 66.7 Å². The standard InChI is InChI=1S/C22H20ClNO3/c23-20-9-5-4-8-19(20)10-11-22(26)27-16-21(25)24-14-12-18(13-15-24)17-6-2-1-3-7-17/h1-12H,13-16H2/b11-10+. The Morgan fingerprint density at radius 2 is 1.81 bits per heavy atom. The Bertz CT molecular complexity index is 874. The molecular weight excluding hydrogens is 362 g/mol. The summed E-state index contributed by atoms with van der Waals surface area (Å²) in [4.78, 5) is 25.8. The van der Waals surface area contributed by atoms with E-state index in [1.54, 1.807) is 23.1 Å². The molecule has 0 unspecified atom stereocenters.